The highest BCUT2D eigenvalue weighted by atomic mass is 16.6. The highest BCUT2D eigenvalue weighted by molar-refractivity contribution is 5.90. The number of benzene rings is 2. The number of nitrogens with zero attached hydrogens (tertiary/aromatic N) is 6. The molecule has 0 amide bonds. The van der Waals surface area contributed by atoms with Crippen LogP contribution in [0, 0.1) is 0 Å². The molecule has 9 nitrogen and oxygen atoms in total. The van der Waals surface area contributed by atoms with Crippen LogP contribution in [0.2, 0.25) is 0 Å². The molecule has 134 valence electrons. The van der Waals surface area contributed by atoms with Crippen molar-refractivity contribution in [3.8, 4) is 17.1 Å². The number of carbonyl (C=O) groups excluding carboxylic acids is 1. The lowest BCUT2D eigenvalue weighted by Crippen LogP contribution is -2.10. The van der Waals surface area contributed by atoms with Crippen LogP contribution in [0.4, 0.5) is 0 Å². The van der Waals surface area contributed by atoms with E-state index in [1.165, 1.54) is 11.0 Å². The van der Waals surface area contributed by atoms with Crippen molar-refractivity contribution in [1.29, 1.82) is 0 Å². The molecule has 27 heavy (non-hydrogen) atoms. The summed E-state index contributed by atoms with van der Waals surface area (Å²) in [7, 11) is 0. The molecule has 0 fully saturated rings. The molecule has 0 radical (unpaired) electrons. The standard InChI is InChI=1S/C18H14N6O3/c1-12(16-20-21-17(27-16)13-6-3-2-4-7-13)26-18(25)14-8-5-9-15(10-14)24-11-19-22-23-24/h2-12H,1H3/t12-/m0/s1. The number of tetrazole rings is 1. The minimum absolute atomic E-state index is 0.221. The van der Waals surface area contributed by atoms with Crippen LogP contribution in [-0.2, 0) is 4.74 Å². The highest BCUT2D eigenvalue weighted by Crippen LogP contribution is 2.23. The van der Waals surface area contributed by atoms with Crippen LogP contribution in [0.5, 0.6) is 0 Å². The van der Waals surface area contributed by atoms with Gasteiger partial charge in [-0.15, -0.1) is 15.3 Å². The second kappa shape index (κ2) is 7.16. The zero-order chi connectivity index (χ0) is 18.6. The minimum atomic E-state index is -0.695. The summed E-state index contributed by atoms with van der Waals surface area (Å²) in [6.07, 6.45) is 0.746. The van der Waals surface area contributed by atoms with Crippen LogP contribution >= 0.6 is 0 Å². The molecular weight excluding hydrogens is 348 g/mol. The molecule has 0 unspecified atom stereocenters. The molecular formula is C18H14N6O3. The summed E-state index contributed by atoms with van der Waals surface area (Å²) in [6, 6.07) is 16.1. The van der Waals surface area contributed by atoms with E-state index < -0.39 is 12.1 Å². The van der Waals surface area contributed by atoms with Gasteiger partial charge in [-0.25, -0.2) is 9.48 Å². The van der Waals surface area contributed by atoms with Crippen molar-refractivity contribution in [1.82, 2.24) is 30.4 Å². The van der Waals surface area contributed by atoms with E-state index in [4.69, 9.17) is 9.15 Å². The van der Waals surface area contributed by atoms with Crippen molar-refractivity contribution in [2.45, 2.75) is 13.0 Å². The predicted molar refractivity (Wildman–Crippen MR) is 92.7 cm³/mol. The molecule has 4 rings (SSSR count). The second-order valence-corrected chi connectivity index (χ2v) is 5.66. The smallest absolute Gasteiger partial charge is 0.338 e. The van der Waals surface area contributed by atoms with Gasteiger partial charge in [0, 0.05) is 5.56 Å². The molecule has 2 heterocycles. The minimum Gasteiger partial charge on any atom is -0.449 e. The number of ether oxygens (including phenoxy) is 1. The topological polar surface area (TPSA) is 109 Å². The maximum absolute atomic E-state index is 12.5. The third kappa shape index (κ3) is 3.56. The maximum Gasteiger partial charge on any atom is 0.338 e. The van der Waals surface area contributed by atoms with Crippen LogP contribution in [0.1, 0.15) is 29.3 Å². The second-order valence-electron chi connectivity index (χ2n) is 5.66. The number of hydrogen-bond acceptors (Lipinski definition) is 8. The van der Waals surface area contributed by atoms with E-state index in [1.54, 1.807) is 31.2 Å². The van der Waals surface area contributed by atoms with E-state index in [0.29, 0.717) is 17.1 Å². The molecule has 2 aromatic heterocycles. The average molecular weight is 362 g/mol. The summed E-state index contributed by atoms with van der Waals surface area (Å²) in [5.41, 5.74) is 1.80. The fraction of sp³-hybridized carbons (Fsp3) is 0.111. The Labute approximate surface area is 153 Å². The molecule has 0 saturated heterocycles. The summed E-state index contributed by atoms with van der Waals surface area (Å²) < 4.78 is 12.5. The fourth-order valence-corrected chi connectivity index (χ4v) is 2.43. The predicted octanol–water partition coefficient (Wildman–Crippen LogP) is 2.63. The zero-order valence-corrected chi connectivity index (χ0v) is 14.3. The van der Waals surface area contributed by atoms with E-state index in [1.807, 2.05) is 30.3 Å². The lowest BCUT2D eigenvalue weighted by atomic mass is 10.2. The monoisotopic (exact) mass is 362 g/mol. The zero-order valence-electron chi connectivity index (χ0n) is 14.3. The van der Waals surface area contributed by atoms with Gasteiger partial charge in [0.25, 0.3) is 5.89 Å². The molecule has 0 bridgehead atoms. The average Bonchev–Trinajstić information content (AvgIpc) is 3.41. The van der Waals surface area contributed by atoms with Crippen molar-refractivity contribution in [3.63, 3.8) is 0 Å². The lowest BCUT2D eigenvalue weighted by Gasteiger charge is -2.10. The summed E-state index contributed by atoms with van der Waals surface area (Å²) >= 11 is 0. The van der Waals surface area contributed by atoms with Crippen LogP contribution in [0.3, 0.4) is 0 Å². The summed E-state index contributed by atoms with van der Waals surface area (Å²) in [4.78, 5) is 12.5. The largest absolute Gasteiger partial charge is 0.449 e. The number of carbonyl (C=O) groups is 1. The van der Waals surface area contributed by atoms with Crippen molar-refractivity contribution in [2.75, 3.05) is 0 Å². The van der Waals surface area contributed by atoms with Gasteiger partial charge in [-0.05, 0) is 47.7 Å². The van der Waals surface area contributed by atoms with Gasteiger partial charge in [-0.2, -0.15) is 0 Å². The Hall–Kier alpha value is -3.88. The van der Waals surface area contributed by atoms with Crippen LogP contribution in [-0.4, -0.2) is 36.4 Å². The van der Waals surface area contributed by atoms with Gasteiger partial charge in [-0.1, -0.05) is 24.3 Å². The summed E-state index contributed by atoms with van der Waals surface area (Å²) in [6.45, 7) is 1.67. The molecule has 0 aliphatic rings. The third-order valence-electron chi connectivity index (χ3n) is 3.79. The Morgan fingerprint density at radius 1 is 1.11 bits per heavy atom. The normalized spacial score (nSPS) is 11.9. The van der Waals surface area contributed by atoms with Gasteiger partial charge in [0.15, 0.2) is 6.10 Å². The van der Waals surface area contributed by atoms with E-state index in [0.717, 1.165) is 5.56 Å². The van der Waals surface area contributed by atoms with Gasteiger partial charge in [-0.3, -0.25) is 0 Å². The van der Waals surface area contributed by atoms with Crippen LogP contribution < -0.4 is 0 Å². The quantitative estimate of drug-likeness (QED) is 0.498. The van der Waals surface area contributed by atoms with Gasteiger partial charge in [0.2, 0.25) is 5.89 Å². The van der Waals surface area contributed by atoms with Crippen molar-refractivity contribution in [2.24, 2.45) is 0 Å². The first-order valence-electron chi connectivity index (χ1n) is 8.14. The van der Waals surface area contributed by atoms with Crippen LogP contribution in [0.25, 0.3) is 17.1 Å². The van der Waals surface area contributed by atoms with Gasteiger partial charge in [0.05, 0.1) is 11.3 Å². The summed E-state index contributed by atoms with van der Waals surface area (Å²) in [5, 5.41) is 18.9. The number of aromatic nitrogens is 6. The number of esters is 1. The lowest BCUT2D eigenvalue weighted by molar-refractivity contribution is 0.0280. The Morgan fingerprint density at radius 2 is 1.96 bits per heavy atom. The first-order chi connectivity index (χ1) is 13.2. The van der Waals surface area contributed by atoms with Crippen molar-refractivity contribution in [3.05, 3.63) is 72.4 Å². The third-order valence-corrected chi connectivity index (χ3v) is 3.79. The van der Waals surface area contributed by atoms with Gasteiger partial charge >= 0.3 is 5.97 Å². The molecule has 0 aliphatic heterocycles. The Morgan fingerprint density at radius 3 is 2.74 bits per heavy atom. The maximum atomic E-state index is 12.5. The first kappa shape index (κ1) is 16.6. The summed E-state index contributed by atoms with van der Waals surface area (Å²) in [5.74, 6) is 0.0740. The Bertz CT molecular complexity index is 1050. The SMILES string of the molecule is C[C@H](OC(=O)c1cccc(-n2cnnn2)c1)c1nnc(-c2ccccc2)o1. The van der Waals surface area contributed by atoms with Gasteiger partial charge < -0.3 is 9.15 Å². The molecule has 0 aliphatic carbocycles. The Balaban J connectivity index is 1.49. The van der Waals surface area contributed by atoms with E-state index >= 15 is 0 Å². The van der Waals surface area contributed by atoms with Gasteiger partial charge in [0.1, 0.15) is 6.33 Å². The van der Waals surface area contributed by atoms with Crippen LogP contribution in [0.15, 0.2) is 65.3 Å². The molecule has 2 aromatic carbocycles. The number of rotatable bonds is 5. The number of hydrogen-bond donors (Lipinski definition) is 0. The molecule has 0 spiro atoms. The highest BCUT2D eigenvalue weighted by Gasteiger charge is 2.20. The van der Waals surface area contributed by atoms with Crippen molar-refractivity contribution < 1.29 is 13.9 Å². The Kier molecular flexibility index (Phi) is 4.40. The van der Waals surface area contributed by atoms with Crippen molar-refractivity contribution >= 4 is 5.97 Å². The molecule has 0 N–H and O–H groups in total. The van der Waals surface area contributed by atoms with E-state index in [9.17, 15) is 4.79 Å². The molecule has 9 heteroatoms. The molecule has 0 saturated carbocycles. The van der Waals surface area contributed by atoms with E-state index in [2.05, 4.69) is 25.7 Å². The fourth-order valence-electron chi connectivity index (χ4n) is 2.43. The first-order valence-corrected chi connectivity index (χ1v) is 8.14. The molecule has 1 atom stereocenters. The molecule has 4 aromatic rings. The van der Waals surface area contributed by atoms with E-state index in [-0.39, 0.29) is 5.89 Å².